The highest BCUT2D eigenvalue weighted by Crippen LogP contribution is 2.43. The molecular formula is C15H18N2O5. The molecule has 0 saturated heterocycles. The van der Waals surface area contributed by atoms with Crippen molar-refractivity contribution in [1.29, 1.82) is 0 Å². The molecule has 1 aliphatic heterocycles. The highest BCUT2D eigenvalue weighted by atomic mass is 16.6. The number of carbonyl (C=O) groups excluding carboxylic acids is 2. The Hall–Kier alpha value is -2.44. The Morgan fingerprint density at radius 2 is 1.95 bits per heavy atom. The van der Waals surface area contributed by atoms with E-state index >= 15 is 0 Å². The number of nitrogens with zero attached hydrogens (tertiary/aromatic N) is 2. The van der Waals surface area contributed by atoms with Gasteiger partial charge in [-0.25, -0.2) is 0 Å². The summed E-state index contributed by atoms with van der Waals surface area (Å²) in [5.41, 5.74) is 2.91. The van der Waals surface area contributed by atoms with Crippen LogP contribution in [0.15, 0.2) is 0 Å². The van der Waals surface area contributed by atoms with Crippen LogP contribution < -0.4 is 4.90 Å². The van der Waals surface area contributed by atoms with E-state index in [1.54, 1.807) is 6.92 Å². The van der Waals surface area contributed by atoms with Crippen LogP contribution in [0.1, 0.15) is 29.2 Å². The van der Waals surface area contributed by atoms with Crippen LogP contribution >= 0.6 is 0 Å². The number of amides is 1. The normalized spacial score (nSPS) is 13.0. The van der Waals surface area contributed by atoms with Crippen LogP contribution in [-0.4, -0.2) is 30.5 Å². The lowest BCUT2D eigenvalue weighted by Gasteiger charge is -2.19. The van der Waals surface area contributed by atoms with Gasteiger partial charge in [-0.2, -0.15) is 0 Å². The van der Waals surface area contributed by atoms with Crippen LogP contribution in [0, 0.1) is 24.0 Å². The summed E-state index contributed by atoms with van der Waals surface area (Å²) in [6, 6.07) is 0. The van der Waals surface area contributed by atoms with Crippen LogP contribution in [-0.2, 0) is 27.2 Å². The Bertz CT molecular complexity index is 681. The second-order valence-electron chi connectivity index (χ2n) is 5.33. The Kier molecular flexibility index (Phi) is 4.16. The number of hydrogen-bond donors (Lipinski definition) is 0. The van der Waals surface area contributed by atoms with Crippen molar-refractivity contribution in [2.75, 3.05) is 18.6 Å². The van der Waals surface area contributed by atoms with E-state index in [1.807, 2.05) is 6.92 Å². The fourth-order valence-electron chi connectivity index (χ4n) is 3.06. The maximum Gasteiger partial charge on any atom is 0.310 e. The number of nitro groups is 1. The summed E-state index contributed by atoms with van der Waals surface area (Å²) in [7, 11) is 1.28. The third kappa shape index (κ3) is 2.43. The van der Waals surface area contributed by atoms with Crippen LogP contribution in [0.25, 0.3) is 0 Å². The number of hydrogen-bond acceptors (Lipinski definition) is 5. The van der Waals surface area contributed by atoms with Gasteiger partial charge >= 0.3 is 5.97 Å². The highest BCUT2D eigenvalue weighted by molar-refractivity contribution is 5.98. The topological polar surface area (TPSA) is 89.8 Å². The molecular weight excluding hydrogens is 288 g/mol. The number of esters is 1. The molecule has 0 aromatic heterocycles. The molecule has 0 radical (unpaired) electrons. The van der Waals surface area contributed by atoms with Gasteiger partial charge < -0.3 is 9.64 Å². The molecule has 1 heterocycles. The Balaban J connectivity index is 2.73. The Morgan fingerprint density at radius 3 is 2.45 bits per heavy atom. The quantitative estimate of drug-likeness (QED) is 0.483. The van der Waals surface area contributed by atoms with Crippen molar-refractivity contribution in [1.82, 2.24) is 0 Å². The zero-order chi connectivity index (χ0) is 16.6. The largest absolute Gasteiger partial charge is 0.469 e. The molecule has 22 heavy (non-hydrogen) atoms. The van der Waals surface area contributed by atoms with E-state index < -0.39 is 10.9 Å². The van der Waals surface area contributed by atoms with E-state index in [4.69, 9.17) is 0 Å². The first kappa shape index (κ1) is 15.9. The number of nitro benzene ring substituents is 1. The van der Waals surface area contributed by atoms with Gasteiger partial charge in [0, 0.05) is 19.0 Å². The van der Waals surface area contributed by atoms with Gasteiger partial charge in [-0.1, -0.05) is 0 Å². The molecule has 7 heteroatoms. The van der Waals surface area contributed by atoms with E-state index in [9.17, 15) is 19.7 Å². The first-order valence-corrected chi connectivity index (χ1v) is 6.93. The Labute approximate surface area is 128 Å². The predicted octanol–water partition coefficient (Wildman–Crippen LogP) is 1.84. The molecule has 1 aromatic carbocycles. The summed E-state index contributed by atoms with van der Waals surface area (Å²) >= 11 is 0. The lowest BCUT2D eigenvalue weighted by atomic mass is 9.92. The number of carbonyl (C=O) groups is 2. The predicted molar refractivity (Wildman–Crippen MR) is 80.0 cm³/mol. The molecule has 0 unspecified atom stereocenters. The van der Waals surface area contributed by atoms with Gasteiger partial charge in [-0.05, 0) is 37.0 Å². The van der Waals surface area contributed by atoms with E-state index in [2.05, 4.69) is 4.74 Å². The van der Waals surface area contributed by atoms with Crippen molar-refractivity contribution >= 4 is 23.3 Å². The van der Waals surface area contributed by atoms with E-state index in [1.165, 1.54) is 18.9 Å². The molecule has 2 rings (SSSR count). The second kappa shape index (κ2) is 5.75. The van der Waals surface area contributed by atoms with Crippen molar-refractivity contribution in [3.8, 4) is 0 Å². The van der Waals surface area contributed by atoms with Crippen molar-refractivity contribution in [3.05, 3.63) is 32.4 Å². The summed E-state index contributed by atoms with van der Waals surface area (Å²) in [5.74, 6) is -0.664. The minimum absolute atomic E-state index is 0.0115. The lowest BCUT2D eigenvalue weighted by Crippen LogP contribution is -2.26. The van der Waals surface area contributed by atoms with Gasteiger partial charge in [0.1, 0.15) is 5.69 Å². The van der Waals surface area contributed by atoms with Crippen molar-refractivity contribution in [2.24, 2.45) is 0 Å². The Morgan fingerprint density at radius 1 is 1.32 bits per heavy atom. The van der Waals surface area contributed by atoms with Gasteiger partial charge in [0.15, 0.2) is 0 Å². The molecule has 0 atom stereocenters. The smallest absolute Gasteiger partial charge is 0.310 e. The van der Waals surface area contributed by atoms with Crippen molar-refractivity contribution in [2.45, 2.75) is 33.6 Å². The molecule has 1 aromatic rings. The van der Waals surface area contributed by atoms with Crippen LogP contribution in [0.3, 0.4) is 0 Å². The summed E-state index contributed by atoms with van der Waals surface area (Å²) in [4.78, 5) is 35.8. The molecule has 1 amide bonds. The molecule has 0 aliphatic carbocycles. The standard InChI is InChI=1S/C15H18N2O5/c1-8-11-5-6-16(10(3)18)15(11)14(17(20)21)9(2)12(8)7-13(19)22-4/h5-7H2,1-4H3. The second-order valence-corrected chi connectivity index (χ2v) is 5.33. The zero-order valence-corrected chi connectivity index (χ0v) is 13.1. The van der Waals surface area contributed by atoms with E-state index in [-0.39, 0.29) is 18.0 Å². The molecule has 0 spiro atoms. The maximum atomic E-state index is 11.7. The van der Waals surface area contributed by atoms with Gasteiger partial charge in [0.25, 0.3) is 5.69 Å². The zero-order valence-electron chi connectivity index (χ0n) is 13.1. The average Bonchev–Trinajstić information content (AvgIpc) is 2.87. The lowest BCUT2D eigenvalue weighted by molar-refractivity contribution is -0.384. The fraction of sp³-hybridized carbons (Fsp3) is 0.467. The number of anilines is 1. The number of rotatable bonds is 3. The molecule has 0 bridgehead atoms. The van der Waals surface area contributed by atoms with Crippen LogP contribution in [0.5, 0.6) is 0 Å². The monoisotopic (exact) mass is 306 g/mol. The number of fused-ring (bicyclic) bond motifs is 1. The third-order valence-corrected chi connectivity index (χ3v) is 4.19. The van der Waals surface area contributed by atoms with Crippen LogP contribution in [0.4, 0.5) is 11.4 Å². The summed E-state index contributed by atoms with van der Waals surface area (Å²) < 4.78 is 4.67. The molecule has 0 N–H and O–H groups in total. The van der Waals surface area contributed by atoms with E-state index in [0.29, 0.717) is 29.8 Å². The molecule has 1 aliphatic rings. The van der Waals surface area contributed by atoms with Gasteiger partial charge in [-0.15, -0.1) is 0 Å². The molecule has 7 nitrogen and oxygen atoms in total. The van der Waals surface area contributed by atoms with Gasteiger partial charge in [0.05, 0.1) is 18.5 Å². The molecule has 0 fully saturated rings. The minimum Gasteiger partial charge on any atom is -0.469 e. The molecule has 0 saturated carbocycles. The van der Waals surface area contributed by atoms with Gasteiger partial charge in [-0.3, -0.25) is 19.7 Å². The number of methoxy groups -OCH3 is 1. The van der Waals surface area contributed by atoms with Crippen molar-refractivity contribution in [3.63, 3.8) is 0 Å². The average molecular weight is 306 g/mol. The summed E-state index contributed by atoms with van der Waals surface area (Å²) in [6.07, 6.45) is 0.540. The maximum absolute atomic E-state index is 11.7. The third-order valence-electron chi connectivity index (χ3n) is 4.19. The summed E-state index contributed by atoms with van der Waals surface area (Å²) in [5, 5.41) is 11.5. The SMILES string of the molecule is COC(=O)Cc1c(C)c2c(c([N+](=O)[O-])c1C)N(C(C)=O)CC2. The summed E-state index contributed by atoms with van der Waals surface area (Å²) in [6.45, 7) is 5.26. The first-order valence-electron chi connectivity index (χ1n) is 6.93. The van der Waals surface area contributed by atoms with Crippen molar-refractivity contribution < 1.29 is 19.2 Å². The molecule has 118 valence electrons. The number of benzene rings is 1. The van der Waals surface area contributed by atoms with E-state index in [0.717, 1.165) is 11.1 Å². The van der Waals surface area contributed by atoms with Gasteiger partial charge in [0.2, 0.25) is 5.91 Å². The first-order chi connectivity index (χ1) is 10.3. The number of ether oxygens (including phenoxy) is 1. The fourth-order valence-corrected chi connectivity index (χ4v) is 3.06. The van der Waals surface area contributed by atoms with Crippen LogP contribution in [0.2, 0.25) is 0 Å². The minimum atomic E-state index is -0.477. The highest BCUT2D eigenvalue weighted by Gasteiger charge is 2.36.